The van der Waals surface area contributed by atoms with Crippen LogP contribution in [0.3, 0.4) is 0 Å². The van der Waals surface area contributed by atoms with Crippen molar-refractivity contribution < 1.29 is 5.11 Å². The summed E-state index contributed by atoms with van der Waals surface area (Å²) in [6.07, 6.45) is 6.91. The van der Waals surface area contributed by atoms with E-state index in [0.29, 0.717) is 5.92 Å². The van der Waals surface area contributed by atoms with E-state index >= 15 is 0 Å². The number of fused-ring (bicyclic) bond motifs is 6. The molecular weight excluding hydrogens is 136 g/mol. The lowest BCUT2D eigenvalue weighted by Gasteiger charge is -2.26. The second kappa shape index (κ2) is 2.01. The highest BCUT2D eigenvalue weighted by Crippen LogP contribution is 2.55. The fraction of sp³-hybridized carbons (Fsp3) is 1.00. The zero-order chi connectivity index (χ0) is 7.42. The molecule has 0 aromatic carbocycles. The summed E-state index contributed by atoms with van der Waals surface area (Å²) in [4.78, 5) is 0. The van der Waals surface area contributed by atoms with Crippen LogP contribution in [0.15, 0.2) is 0 Å². The van der Waals surface area contributed by atoms with Gasteiger partial charge in [-0.25, -0.2) is 0 Å². The molecule has 0 unspecified atom stereocenters. The average Bonchev–Trinajstić information content (AvgIpc) is 2.49. The van der Waals surface area contributed by atoms with Gasteiger partial charge in [-0.15, -0.1) is 0 Å². The van der Waals surface area contributed by atoms with Gasteiger partial charge in [-0.1, -0.05) is 0 Å². The number of aliphatic hydroxyl groups is 1. The highest BCUT2D eigenvalue weighted by Gasteiger charge is 2.49. The van der Waals surface area contributed by atoms with Gasteiger partial charge < -0.3 is 5.11 Å². The first kappa shape index (κ1) is 6.47. The van der Waals surface area contributed by atoms with Crippen LogP contribution in [0.1, 0.15) is 32.1 Å². The predicted molar refractivity (Wildman–Crippen MR) is 43.1 cm³/mol. The molecule has 1 heteroatoms. The van der Waals surface area contributed by atoms with E-state index in [0.717, 1.165) is 24.2 Å². The van der Waals surface area contributed by atoms with Crippen LogP contribution in [-0.4, -0.2) is 11.2 Å². The molecule has 3 saturated carbocycles. The summed E-state index contributed by atoms with van der Waals surface area (Å²) in [5, 5.41) is 9.72. The maximum absolute atomic E-state index is 9.72. The summed E-state index contributed by atoms with van der Waals surface area (Å²) in [5.74, 6) is 3.54. The van der Waals surface area contributed by atoms with Gasteiger partial charge in [0.1, 0.15) is 0 Å². The third-order valence-electron chi connectivity index (χ3n) is 4.40. The van der Waals surface area contributed by atoms with E-state index in [-0.39, 0.29) is 6.10 Å². The Balaban J connectivity index is 1.93. The summed E-state index contributed by atoms with van der Waals surface area (Å²) in [7, 11) is 0. The third kappa shape index (κ3) is 0.752. The van der Waals surface area contributed by atoms with Gasteiger partial charge in [-0.3, -0.25) is 0 Å². The largest absolute Gasteiger partial charge is 0.393 e. The molecular formula is C10H16O. The summed E-state index contributed by atoms with van der Waals surface area (Å²) >= 11 is 0. The van der Waals surface area contributed by atoms with E-state index in [1.165, 1.54) is 25.7 Å². The van der Waals surface area contributed by atoms with Gasteiger partial charge in [-0.05, 0) is 55.8 Å². The Morgan fingerprint density at radius 3 is 2.55 bits per heavy atom. The predicted octanol–water partition coefficient (Wildman–Crippen LogP) is 1.80. The Bertz CT molecular complexity index is 178. The van der Waals surface area contributed by atoms with Gasteiger partial charge in [0.05, 0.1) is 6.10 Å². The second-order valence-corrected chi connectivity index (χ2v) is 4.80. The fourth-order valence-electron chi connectivity index (χ4n) is 3.85. The van der Waals surface area contributed by atoms with Crippen molar-refractivity contribution in [1.82, 2.24) is 0 Å². The number of rotatable bonds is 0. The molecule has 3 fully saturated rings. The van der Waals surface area contributed by atoms with Crippen molar-refractivity contribution in [2.75, 3.05) is 0 Å². The van der Waals surface area contributed by atoms with Gasteiger partial charge in [0, 0.05) is 0 Å². The molecule has 0 radical (unpaired) electrons. The maximum atomic E-state index is 9.72. The van der Waals surface area contributed by atoms with E-state index < -0.39 is 0 Å². The molecule has 0 spiro atoms. The Labute approximate surface area is 67.8 Å². The topological polar surface area (TPSA) is 20.2 Å². The molecule has 3 aliphatic carbocycles. The molecule has 11 heavy (non-hydrogen) atoms. The average molecular weight is 152 g/mol. The quantitative estimate of drug-likeness (QED) is 0.561. The third-order valence-corrected chi connectivity index (χ3v) is 4.40. The minimum atomic E-state index is 0.0790. The molecule has 0 aromatic rings. The first-order chi connectivity index (χ1) is 5.34. The lowest BCUT2D eigenvalue weighted by atomic mass is 9.79. The van der Waals surface area contributed by atoms with Crippen molar-refractivity contribution >= 4 is 0 Å². The molecule has 0 aliphatic heterocycles. The molecule has 1 nitrogen and oxygen atoms in total. The summed E-state index contributed by atoms with van der Waals surface area (Å²) in [6.45, 7) is 0. The van der Waals surface area contributed by atoms with Crippen LogP contribution in [0.2, 0.25) is 0 Å². The number of aliphatic hydroxyl groups excluding tert-OH is 1. The second-order valence-electron chi connectivity index (χ2n) is 4.80. The SMILES string of the molecule is O[C@@H]1C[C@H]2C[C@H]1[C@@H]1CC[C@H]2C1. The Morgan fingerprint density at radius 2 is 1.64 bits per heavy atom. The van der Waals surface area contributed by atoms with Crippen molar-refractivity contribution in [2.24, 2.45) is 23.7 Å². The van der Waals surface area contributed by atoms with Crippen LogP contribution >= 0.6 is 0 Å². The lowest BCUT2D eigenvalue weighted by Crippen LogP contribution is -2.22. The van der Waals surface area contributed by atoms with Gasteiger partial charge in [0.15, 0.2) is 0 Å². The maximum Gasteiger partial charge on any atom is 0.0573 e. The smallest absolute Gasteiger partial charge is 0.0573 e. The standard InChI is InChI=1S/C10H16O/c11-10-5-8-4-9(10)7-2-1-6(8)3-7/h6-11H,1-5H2/t6-,7+,8+,9-,10+/m0/s1. The van der Waals surface area contributed by atoms with Crippen molar-refractivity contribution in [3.05, 3.63) is 0 Å². The molecule has 0 aromatic heterocycles. The van der Waals surface area contributed by atoms with E-state index in [1.54, 1.807) is 0 Å². The molecule has 3 aliphatic rings. The van der Waals surface area contributed by atoms with Gasteiger partial charge in [0.25, 0.3) is 0 Å². The normalized spacial score (nSPS) is 60.3. The molecule has 0 amide bonds. The van der Waals surface area contributed by atoms with Crippen molar-refractivity contribution in [2.45, 2.75) is 38.2 Å². The number of hydrogen-bond acceptors (Lipinski definition) is 1. The van der Waals surface area contributed by atoms with Gasteiger partial charge in [0.2, 0.25) is 0 Å². The van der Waals surface area contributed by atoms with Crippen LogP contribution in [0.4, 0.5) is 0 Å². The van der Waals surface area contributed by atoms with E-state index in [1.807, 2.05) is 0 Å². The van der Waals surface area contributed by atoms with Crippen LogP contribution in [0.25, 0.3) is 0 Å². The van der Waals surface area contributed by atoms with E-state index in [2.05, 4.69) is 0 Å². The molecule has 0 saturated heterocycles. The van der Waals surface area contributed by atoms with E-state index in [4.69, 9.17) is 0 Å². The highest BCUT2D eigenvalue weighted by molar-refractivity contribution is 4.99. The van der Waals surface area contributed by atoms with Crippen LogP contribution in [-0.2, 0) is 0 Å². The molecule has 62 valence electrons. The van der Waals surface area contributed by atoms with Crippen LogP contribution in [0.5, 0.6) is 0 Å². The summed E-state index contributed by atoms with van der Waals surface area (Å²) in [5.41, 5.74) is 0. The Hall–Kier alpha value is -0.0400. The Morgan fingerprint density at radius 1 is 0.818 bits per heavy atom. The molecule has 3 rings (SSSR count). The molecule has 0 heterocycles. The monoisotopic (exact) mass is 152 g/mol. The molecule has 1 N–H and O–H groups in total. The summed E-state index contributed by atoms with van der Waals surface area (Å²) in [6, 6.07) is 0. The zero-order valence-corrected chi connectivity index (χ0v) is 6.87. The molecule has 5 atom stereocenters. The number of hydrogen-bond donors (Lipinski definition) is 1. The first-order valence-corrected chi connectivity index (χ1v) is 5.02. The molecule has 4 bridgehead atoms. The van der Waals surface area contributed by atoms with Crippen LogP contribution in [0, 0.1) is 23.7 Å². The minimum Gasteiger partial charge on any atom is -0.393 e. The fourth-order valence-corrected chi connectivity index (χ4v) is 3.85. The van der Waals surface area contributed by atoms with Crippen LogP contribution < -0.4 is 0 Å². The van der Waals surface area contributed by atoms with Crippen molar-refractivity contribution in [3.63, 3.8) is 0 Å². The van der Waals surface area contributed by atoms with Crippen molar-refractivity contribution in [3.8, 4) is 0 Å². The van der Waals surface area contributed by atoms with Crippen molar-refractivity contribution in [1.29, 1.82) is 0 Å². The highest BCUT2D eigenvalue weighted by atomic mass is 16.3. The lowest BCUT2D eigenvalue weighted by molar-refractivity contribution is 0.0999. The summed E-state index contributed by atoms with van der Waals surface area (Å²) < 4.78 is 0. The minimum absolute atomic E-state index is 0.0790. The van der Waals surface area contributed by atoms with Gasteiger partial charge >= 0.3 is 0 Å². The van der Waals surface area contributed by atoms with E-state index in [9.17, 15) is 5.11 Å². The first-order valence-electron chi connectivity index (χ1n) is 5.02. The van der Waals surface area contributed by atoms with Gasteiger partial charge in [-0.2, -0.15) is 0 Å². The zero-order valence-electron chi connectivity index (χ0n) is 6.87. The Kier molecular flexibility index (Phi) is 1.18.